The molecule has 0 radical (unpaired) electrons. The predicted octanol–water partition coefficient (Wildman–Crippen LogP) is 0.429. The van der Waals surface area contributed by atoms with Crippen LogP contribution in [0.5, 0.6) is 0 Å². The maximum atomic E-state index is 11.3. The van der Waals surface area contributed by atoms with Crippen LogP contribution in [0.25, 0.3) is 0 Å². The van der Waals surface area contributed by atoms with E-state index < -0.39 is 10.0 Å². The molecule has 14 heavy (non-hydrogen) atoms. The van der Waals surface area contributed by atoms with Crippen molar-refractivity contribution in [3.63, 3.8) is 0 Å². The summed E-state index contributed by atoms with van der Waals surface area (Å²) in [6.07, 6.45) is 4.84. The maximum absolute atomic E-state index is 11.3. The molecular formula is C9H19NO3S. The number of rotatable bonds is 3. The third-order valence-corrected chi connectivity index (χ3v) is 4.46. The molecule has 1 N–H and O–H groups in total. The van der Waals surface area contributed by atoms with Gasteiger partial charge in [-0.3, -0.25) is 0 Å². The molecule has 0 aliphatic heterocycles. The van der Waals surface area contributed by atoms with Crippen molar-refractivity contribution >= 4 is 10.0 Å². The molecule has 0 aromatic carbocycles. The molecule has 0 amide bonds. The molecule has 1 rings (SSSR count). The molecule has 1 saturated carbocycles. The summed E-state index contributed by atoms with van der Waals surface area (Å²) in [6.45, 7) is 0.231. The van der Waals surface area contributed by atoms with Gasteiger partial charge < -0.3 is 5.11 Å². The molecule has 1 aliphatic rings. The van der Waals surface area contributed by atoms with E-state index in [9.17, 15) is 8.42 Å². The first-order chi connectivity index (χ1) is 6.45. The molecule has 0 aromatic heterocycles. The van der Waals surface area contributed by atoms with Gasteiger partial charge in [0, 0.05) is 19.7 Å². The number of nitrogens with zero attached hydrogens (tertiary/aromatic N) is 1. The van der Waals surface area contributed by atoms with Crippen LogP contribution in [0.4, 0.5) is 0 Å². The van der Waals surface area contributed by atoms with Crippen LogP contribution in [-0.2, 0) is 10.0 Å². The molecular weight excluding hydrogens is 202 g/mol. The quantitative estimate of drug-likeness (QED) is 0.752. The fourth-order valence-corrected chi connectivity index (χ4v) is 2.71. The Labute approximate surface area is 86.0 Å². The van der Waals surface area contributed by atoms with Crippen LogP contribution in [0.3, 0.4) is 0 Å². The molecule has 0 atom stereocenters. The zero-order valence-corrected chi connectivity index (χ0v) is 9.63. The third kappa shape index (κ3) is 2.93. The monoisotopic (exact) mass is 221 g/mol. The number of hydrogen-bond acceptors (Lipinski definition) is 3. The smallest absolute Gasteiger partial charge is 0.211 e. The van der Waals surface area contributed by atoms with E-state index in [1.165, 1.54) is 10.6 Å². The van der Waals surface area contributed by atoms with Crippen LogP contribution in [0.15, 0.2) is 0 Å². The van der Waals surface area contributed by atoms with Crippen molar-refractivity contribution in [3.05, 3.63) is 0 Å². The van der Waals surface area contributed by atoms with Crippen molar-refractivity contribution in [1.29, 1.82) is 0 Å². The molecule has 0 spiro atoms. The molecule has 0 unspecified atom stereocenters. The predicted molar refractivity (Wildman–Crippen MR) is 55.4 cm³/mol. The standard InChI is InChI=1S/C9H19NO3S/c1-10(14(2,12)13)9-5-3-8(7-11)4-6-9/h8-9,11H,3-7H2,1-2H3. The highest BCUT2D eigenvalue weighted by atomic mass is 32.2. The second-order valence-electron chi connectivity index (χ2n) is 4.14. The summed E-state index contributed by atoms with van der Waals surface area (Å²) in [5, 5.41) is 8.94. The van der Waals surface area contributed by atoms with Crippen LogP contribution in [0.2, 0.25) is 0 Å². The first kappa shape index (κ1) is 11.9. The highest BCUT2D eigenvalue weighted by Gasteiger charge is 2.27. The van der Waals surface area contributed by atoms with Crippen molar-refractivity contribution in [3.8, 4) is 0 Å². The van der Waals surface area contributed by atoms with Gasteiger partial charge in [-0.05, 0) is 31.6 Å². The Kier molecular flexibility index (Phi) is 3.92. The van der Waals surface area contributed by atoms with Crippen LogP contribution >= 0.6 is 0 Å². The molecule has 84 valence electrons. The summed E-state index contributed by atoms with van der Waals surface area (Å²) in [5.74, 6) is 0.374. The normalized spacial score (nSPS) is 29.4. The van der Waals surface area contributed by atoms with E-state index in [1.54, 1.807) is 7.05 Å². The van der Waals surface area contributed by atoms with Gasteiger partial charge in [0.05, 0.1) is 6.26 Å². The average Bonchev–Trinajstić information content (AvgIpc) is 2.15. The lowest BCUT2D eigenvalue weighted by molar-refractivity contribution is 0.159. The molecule has 1 aliphatic carbocycles. The second-order valence-corrected chi connectivity index (χ2v) is 6.18. The molecule has 5 heteroatoms. The molecule has 0 saturated heterocycles. The Hall–Kier alpha value is -0.130. The lowest BCUT2D eigenvalue weighted by atomic mass is 9.87. The van der Waals surface area contributed by atoms with Crippen LogP contribution in [0, 0.1) is 5.92 Å². The van der Waals surface area contributed by atoms with E-state index in [-0.39, 0.29) is 12.6 Å². The summed E-state index contributed by atoms with van der Waals surface area (Å²) in [4.78, 5) is 0. The van der Waals surface area contributed by atoms with Gasteiger partial charge in [-0.25, -0.2) is 12.7 Å². The lowest BCUT2D eigenvalue weighted by Crippen LogP contribution is -2.39. The summed E-state index contributed by atoms with van der Waals surface area (Å²) < 4.78 is 24.0. The number of sulfonamides is 1. The lowest BCUT2D eigenvalue weighted by Gasteiger charge is -2.32. The fourth-order valence-electron chi connectivity index (χ4n) is 1.96. The maximum Gasteiger partial charge on any atom is 0.211 e. The zero-order chi connectivity index (χ0) is 10.8. The second kappa shape index (κ2) is 4.59. The van der Waals surface area contributed by atoms with Crippen molar-refractivity contribution in [1.82, 2.24) is 4.31 Å². The Morgan fingerprint density at radius 3 is 2.14 bits per heavy atom. The van der Waals surface area contributed by atoms with Gasteiger partial charge in [0.2, 0.25) is 10.0 Å². The molecule has 0 bridgehead atoms. The SMILES string of the molecule is CN(C1CCC(CO)CC1)S(C)(=O)=O. The van der Waals surface area contributed by atoms with Gasteiger partial charge in [-0.1, -0.05) is 0 Å². The average molecular weight is 221 g/mol. The summed E-state index contributed by atoms with van der Waals surface area (Å²) in [6, 6.07) is 0.132. The first-order valence-electron chi connectivity index (χ1n) is 4.99. The topological polar surface area (TPSA) is 57.6 Å². The number of aliphatic hydroxyl groups excluding tert-OH is 1. The van der Waals surface area contributed by atoms with Crippen LogP contribution < -0.4 is 0 Å². The van der Waals surface area contributed by atoms with E-state index in [0.29, 0.717) is 5.92 Å². The van der Waals surface area contributed by atoms with Crippen molar-refractivity contribution in [2.75, 3.05) is 19.9 Å². The van der Waals surface area contributed by atoms with Crippen LogP contribution in [-0.4, -0.2) is 43.8 Å². The van der Waals surface area contributed by atoms with E-state index in [1.807, 2.05) is 0 Å². The fraction of sp³-hybridized carbons (Fsp3) is 1.00. The van der Waals surface area contributed by atoms with Gasteiger partial charge in [-0.15, -0.1) is 0 Å². The molecule has 1 fully saturated rings. The van der Waals surface area contributed by atoms with Gasteiger partial charge in [0.15, 0.2) is 0 Å². The van der Waals surface area contributed by atoms with E-state index in [2.05, 4.69) is 0 Å². The highest BCUT2D eigenvalue weighted by Crippen LogP contribution is 2.27. The minimum absolute atomic E-state index is 0.132. The summed E-state index contributed by atoms with van der Waals surface area (Å²) >= 11 is 0. The van der Waals surface area contributed by atoms with E-state index in [4.69, 9.17) is 5.11 Å². The Bertz CT molecular complexity index is 268. The van der Waals surface area contributed by atoms with E-state index >= 15 is 0 Å². The van der Waals surface area contributed by atoms with Gasteiger partial charge in [-0.2, -0.15) is 0 Å². The minimum atomic E-state index is -3.06. The zero-order valence-electron chi connectivity index (χ0n) is 8.81. The van der Waals surface area contributed by atoms with Crippen molar-refractivity contribution in [2.45, 2.75) is 31.7 Å². The highest BCUT2D eigenvalue weighted by molar-refractivity contribution is 7.88. The van der Waals surface area contributed by atoms with Crippen molar-refractivity contribution < 1.29 is 13.5 Å². The minimum Gasteiger partial charge on any atom is -0.396 e. The Morgan fingerprint density at radius 2 is 1.79 bits per heavy atom. The van der Waals surface area contributed by atoms with Crippen LogP contribution in [0.1, 0.15) is 25.7 Å². The largest absolute Gasteiger partial charge is 0.396 e. The van der Waals surface area contributed by atoms with Gasteiger partial charge >= 0.3 is 0 Å². The summed E-state index contributed by atoms with van der Waals surface area (Å²) in [7, 11) is -1.42. The van der Waals surface area contributed by atoms with Gasteiger partial charge in [0.1, 0.15) is 0 Å². The van der Waals surface area contributed by atoms with Gasteiger partial charge in [0.25, 0.3) is 0 Å². The summed E-state index contributed by atoms with van der Waals surface area (Å²) in [5.41, 5.74) is 0. The third-order valence-electron chi connectivity index (χ3n) is 3.11. The Morgan fingerprint density at radius 1 is 1.29 bits per heavy atom. The van der Waals surface area contributed by atoms with E-state index in [0.717, 1.165) is 25.7 Å². The van der Waals surface area contributed by atoms with Crippen molar-refractivity contribution in [2.24, 2.45) is 5.92 Å². The molecule has 0 aromatic rings. The Balaban J connectivity index is 2.50. The first-order valence-corrected chi connectivity index (χ1v) is 6.84. The number of aliphatic hydroxyl groups is 1. The molecule has 0 heterocycles. The number of hydrogen-bond donors (Lipinski definition) is 1. The molecule has 4 nitrogen and oxygen atoms in total.